The quantitative estimate of drug-likeness (QED) is 0.869. The number of hydrogen-bond acceptors (Lipinski definition) is 5. The van der Waals surface area contributed by atoms with Crippen LogP contribution in [0.4, 0.5) is 5.82 Å². The van der Waals surface area contributed by atoms with Crippen LogP contribution in [0.5, 0.6) is 0 Å². The van der Waals surface area contributed by atoms with Gasteiger partial charge in [0.25, 0.3) is 0 Å². The van der Waals surface area contributed by atoms with Crippen molar-refractivity contribution in [2.24, 2.45) is 0 Å². The minimum absolute atomic E-state index is 0.303. The number of carboxylic acids is 1. The zero-order valence-corrected chi connectivity index (χ0v) is 12.8. The van der Waals surface area contributed by atoms with Crippen molar-refractivity contribution in [2.75, 3.05) is 16.8 Å². The zero-order valence-electron chi connectivity index (χ0n) is 12.0. The van der Waals surface area contributed by atoms with E-state index in [1.807, 2.05) is 25.6 Å². The molecule has 20 heavy (non-hydrogen) atoms. The molecule has 0 spiro atoms. The number of thioether (sulfide) groups is 1. The third kappa shape index (κ3) is 3.23. The molecule has 0 aliphatic carbocycles. The molecule has 110 valence electrons. The first-order valence-electron chi connectivity index (χ1n) is 7.13. The summed E-state index contributed by atoms with van der Waals surface area (Å²) in [6.45, 7) is 3.93. The number of nitrogens with zero attached hydrogens (tertiary/aromatic N) is 2. The Morgan fingerprint density at radius 1 is 1.30 bits per heavy atom. The van der Waals surface area contributed by atoms with Crippen molar-refractivity contribution in [3.8, 4) is 0 Å². The van der Waals surface area contributed by atoms with Gasteiger partial charge in [-0.05, 0) is 42.8 Å². The SMILES string of the molecule is CCc1nnc(NC2CCSCC2)c(C(=O)O)c1CC. The normalized spacial score (nSPS) is 16.1. The Morgan fingerprint density at radius 3 is 2.55 bits per heavy atom. The number of nitrogens with one attached hydrogen (secondary N) is 1. The summed E-state index contributed by atoms with van der Waals surface area (Å²) in [5.74, 6) is 1.74. The smallest absolute Gasteiger partial charge is 0.339 e. The lowest BCUT2D eigenvalue weighted by molar-refractivity contribution is 0.0696. The van der Waals surface area contributed by atoms with Gasteiger partial charge in [-0.25, -0.2) is 4.79 Å². The largest absolute Gasteiger partial charge is 0.478 e. The van der Waals surface area contributed by atoms with E-state index in [1.165, 1.54) is 0 Å². The van der Waals surface area contributed by atoms with Gasteiger partial charge in [0.2, 0.25) is 0 Å². The van der Waals surface area contributed by atoms with Crippen molar-refractivity contribution in [3.63, 3.8) is 0 Å². The summed E-state index contributed by atoms with van der Waals surface area (Å²) < 4.78 is 0. The van der Waals surface area contributed by atoms with Gasteiger partial charge in [-0.1, -0.05) is 13.8 Å². The molecule has 1 aliphatic rings. The van der Waals surface area contributed by atoms with Gasteiger partial charge in [0.15, 0.2) is 5.82 Å². The molecule has 2 heterocycles. The summed E-state index contributed by atoms with van der Waals surface area (Å²) in [5.41, 5.74) is 1.90. The maximum atomic E-state index is 11.6. The molecule has 2 rings (SSSR count). The zero-order chi connectivity index (χ0) is 14.5. The fraction of sp³-hybridized carbons (Fsp3) is 0.643. The highest BCUT2D eigenvalue weighted by Gasteiger charge is 2.23. The van der Waals surface area contributed by atoms with Crippen LogP contribution in [0.2, 0.25) is 0 Å². The molecule has 0 aromatic carbocycles. The fourth-order valence-corrected chi connectivity index (χ4v) is 3.65. The average Bonchev–Trinajstić information content (AvgIpc) is 2.47. The minimum Gasteiger partial charge on any atom is -0.478 e. The number of aromatic carboxylic acids is 1. The Labute approximate surface area is 123 Å². The van der Waals surface area contributed by atoms with Crippen molar-refractivity contribution < 1.29 is 9.90 Å². The molecule has 1 aromatic rings. The highest BCUT2D eigenvalue weighted by Crippen LogP contribution is 2.25. The number of hydrogen-bond donors (Lipinski definition) is 2. The van der Waals surface area contributed by atoms with Crippen LogP contribution in [0.25, 0.3) is 0 Å². The molecule has 0 radical (unpaired) electrons. The Bertz CT molecular complexity index is 488. The van der Waals surface area contributed by atoms with Gasteiger partial charge in [-0.15, -0.1) is 5.10 Å². The summed E-state index contributed by atoms with van der Waals surface area (Å²) in [4.78, 5) is 11.6. The van der Waals surface area contributed by atoms with Crippen LogP contribution in [-0.4, -0.2) is 38.8 Å². The molecule has 0 unspecified atom stereocenters. The third-order valence-electron chi connectivity index (χ3n) is 3.62. The maximum absolute atomic E-state index is 11.6. The number of aromatic nitrogens is 2. The summed E-state index contributed by atoms with van der Waals surface area (Å²) >= 11 is 1.94. The number of aryl methyl sites for hydroxylation is 1. The van der Waals surface area contributed by atoms with Crippen molar-refractivity contribution in [1.29, 1.82) is 0 Å². The number of anilines is 1. The molecule has 1 saturated heterocycles. The van der Waals surface area contributed by atoms with Crippen LogP contribution >= 0.6 is 11.8 Å². The topological polar surface area (TPSA) is 75.1 Å². The van der Waals surface area contributed by atoms with E-state index >= 15 is 0 Å². The second-order valence-corrected chi connectivity index (χ2v) is 6.12. The lowest BCUT2D eigenvalue weighted by Crippen LogP contribution is -2.27. The number of carboxylic acid groups (broad SMARTS) is 1. The van der Waals surface area contributed by atoms with Gasteiger partial charge >= 0.3 is 5.97 Å². The molecule has 6 heteroatoms. The average molecular weight is 295 g/mol. The highest BCUT2D eigenvalue weighted by atomic mass is 32.2. The van der Waals surface area contributed by atoms with Crippen LogP contribution in [0.1, 0.15) is 48.3 Å². The summed E-state index contributed by atoms with van der Waals surface area (Å²) in [7, 11) is 0. The summed E-state index contributed by atoms with van der Waals surface area (Å²) in [5, 5.41) is 21.1. The van der Waals surface area contributed by atoms with Gasteiger partial charge < -0.3 is 10.4 Å². The Hall–Kier alpha value is -1.30. The first kappa shape index (κ1) is 15.1. The fourth-order valence-electron chi connectivity index (χ4n) is 2.54. The van der Waals surface area contributed by atoms with Crippen LogP contribution in [0.15, 0.2) is 0 Å². The van der Waals surface area contributed by atoms with E-state index in [0.717, 1.165) is 35.6 Å². The monoisotopic (exact) mass is 295 g/mol. The van der Waals surface area contributed by atoms with Gasteiger partial charge in [0.05, 0.1) is 5.69 Å². The standard InChI is InChI=1S/C14H21N3O2S/c1-3-10-11(4-2)16-17-13(12(10)14(18)19)15-9-5-7-20-8-6-9/h9H,3-8H2,1-2H3,(H,15,17)(H,18,19). The van der Waals surface area contributed by atoms with Crippen LogP contribution < -0.4 is 5.32 Å². The van der Waals surface area contributed by atoms with Crippen LogP contribution in [0, 0.1) is 0 Å². The second-order valence-electron chi connectivity index (χ2n) is 4.89. The number of carbonyl (C=O) groups is 1. The van der Waals surface area contributed by atoms with Crippen LogP contribution in [-0.2, 0) is 12.8 Å². The predicted octanol–water partition coefficient (Wildman–Crippen LogP) is 2.61. The van der Waals surface area contributed by atoms with Crippen molar-refractivity contribution >= 4 is 23.5 Å². The van der Waals surface area contributed by atoms with Gasteiger partial charge in [0, 0.05) is 6.04 Å². The van der Waals surface area contributed by atoms with Gasteiger partial charge in [-0.3, -0.25) is 0 Å². The Kier molecular flexibility index (Phi) is 5.23. The van der Waals surface area contributed by atoms with E-state index in [2.05, 4.69) is 15.5 Å². The summed E-state index contributed by atoms with van der Waals surface area (Å²) in [6, 6.07) is 0.306. The Balaban J connectivity index is 2.33. The molecule has 0 bridgehead atoms. The van der Waals surface area contributed by atoms with E-state index in [9.17, 15) is 9.90 Å². The second kappa shape index (κ2) is 6.92. The molecule has 0 saturated carbocycles. The first-order chi connectivity index (χ1) is 9.67. The van der Waals surface area contributed by atoms with Crippen LogP contribution in [0.3, 0.4) is 0 Å². The number of rotatable bonds is 5. The first-order valence-corrected chi connectivity index (χ1v) is 8.28. The molecule has 2 N–H and O–H groups in total. The van der Waals surface area contributed by atoms with Crippen molar-refractivity contribution in [2.45, 2.75) is 45.6 Å². The molecule has 1 fully saturated rings. The molecule has 0 amide bonds. The van der Waals surface area contributed by atoms with E-state index in [1.54, 1.807) is 0 Å². The summed E-state index contributed by atoms with van der Waals surface area (Å²) in [6.07, 6.45) is 3.46. The molecule has 1 aliphatic heterocycles. The highest BCUT2D eigenvalue weighted by molar-refractivity contribution is 7.99. The van der Waals surface area contributed by atoms with E-state index in [0.29, 0.717) is 30.3 Å². The van der Waals surface area contributed by atoms with Crippen molar-refractivity contribution in [3.05, 3.63) is 16.8 Å². The lowest BCUT2D eigenvalue weighted by atomic mass is 10.0. The molecule has 5 nitrogen and oxygen atoms in total. The van der Waals surface area contributed by atoms with E-state index < -0.39 is 5.97 Å². The van der Waals surface area contributed by atoms with E-state index in [-0.39, 0.29) is 0 Å². The van der Waals surface area contributed by atoms with E-state index in [4.69, 9.17) is 0 Å². The van der Waals surface area contributed by atoms with Crippen molar-refractivity contribution in [1.82, 2.24) is 10.2 Å². The molecular formula is C14H21N3O2S. The molecule has 1 aromatic heterocycles. The minimum atomic E-state index is -0.917. The third-order valence-corrected chi connectivity index (χ3v) is 4.67. The Morgan fingerprint density at radius 2 is 2.00 bits per heavy atom. The lowest BCUT2D eigenvalue weighted by Gasteiger charge is -2.24. The van der Waals surface area contributed by atoms with Gasteiger partial charge in [0.1, 0.15) is 5.56 Å². The van der Waals surface area contributed by atoms with Gasteiger partial charge in [-0.2, -0.15) is 16.9 Å². The molecule has 0 atom stereocenters. The predicted molar refractivity (Wildman–Crippen MR) is 81.7 cm³/mol. The maximum Gasteiger partial charge on any atom is 0.339 e. The molecular weight excluding hydrogens is 274 g/mol.